The lowest BCUT2D eigenvalue weighted by molar-refractivity contribution is 0.0992. The number of rotatable bonds is 3. The summed E-state index contributed by atoms with van der Waals surface area (Å²) in [5, 5.41) is 10.0. The predicted octanol–water partition coefficient (Wildman–Crippen LogP) is 0.905. The molecule has 1 aliphatic heterocycles. The van der Waals surface area contributed by atoms with Crippen molar-refractivity contribution in [2.24, 2.45) is 0 Å². The van der Waals surface area contributed by atoms with Crippen molar-refractivity contribution in [2.75, 3.05) is 6.61 Å². The maximum absolute atomic E-state index is 5.49. The fourth-order valence-electron chi connectivity index (χ4n) is 1.51. The van der Waals surface area contributed by atoms with Gasteiger partial charge in [0.1, 0.15) is 0 Å². The minimum absolute atomic E-state index is 0.394. The smallest absolute Gasteiger partial charge is 0.238 e. The Morgan fingerprint density at radius 2 is 2.62 bits per heavy atom. The molecule has 0 aliphatic carbocycles. The van der Waals surface area contributed by atoms with Gasteiger partial charge in [0, 0.05) is 13.2 Å². The second kappa shape index (κ2) is 3.97. The standard InChI is InChI=1S/C7H12N4OS/c13-7-8-9-10-11(7)4-3-6-2-1-5-12-6/h6H,1-5H2,(H,8,10,13). The van der Waals surface area contributed by atoms with Gasteiger partial charge in [0.2, 0.25) is 4.77 Å². The van der Waals surface area contributed by atoms with E-state index in [0.29, 0.717) is 10.9 Å². The highest BCUT2D eigenvalue weighted by atomic mass is 32.1. The monoisotopic (exact) mass is 200 g/mol. The largest absolute Gasteiger partial charge is 0.378 e. The second-order valence-corrected chi connectivity index (χ2v) is 3.52. The summed E-state index contributed by atoms with van der Waals surface area (Å²) in [4.78, 5) is 0. The van der Waals surface area contributed by atoms with Crippen LogP contribution in [-0.4, -0.2) is 32.9 Å². The Labute approximate surface area is 81.1 Å². The first kappa shape index (κ1) is 8.83. The number of aromatic nitrogens is 4. The quantitative estimate of drug-likeness (QED) is 0.737. The fourth-order valence-corrected chi connectivity index (χ4v) is 1.68. The number of H-pyrrole nitrogens is 1. The van der Waals surface area contributed by atoms with E-state index < -0.39 is 0 Å². The highest BCUT2D eigenvalue weighted by Gasteiger charge is 2.15. The van der Waals surface area contributed by atoms with Crippen molar-refractivity contribution in [1.29, 1.82) is 0 Å². The molecule has 0 amide bonds. The zero-order chi connectivity index (χ0) is 9.10. The highest BCUT2D eigenvalue weighted by Crippen LogP contribution is 2.15. The third kappa shape index (κ3) is 2.13. The van der Waals surface area contributed by atoms with Crippen molar-refractivity contribution in [2.45, 2.75) is 31.9 Å². The Kier molecular flexibility index (Phi) is 2.70. The fraction of sp³-hybridized carbons (Fsp3) is 0.857. The molecule has 0 saturated carbocycles. The third-order valence-electron chi connectivity index (χ3n) is 2.23. The van der Waals surface area contributed by atoms with E-state index in [1.54, 1.807) is 4.68 Å². The van der Waals surface area contributed by atoms with E-state index in [2.05, 4.69) is 15.5 Å². The molecule has 1 unspecified atom stereocenters. The minimum atomic E-state index is 0.394. The predicted molar refractivity (Wildman–Crippen MR) is 48.8 cm³/mol. The third-order valence-corrected chi connectivity index (χ3v) is 2.53. The normalized spacial score (nSPS) is 22.3. The first-order chi connectivity index (χ1) is 6.36. The van der Waals surface area contributed by atoms with Gasteiger partial charge in [0.05, 0.1) is 6.10 Å². The van der Waals surface area contributed by atoms with Gasteiger partial charge in [-0.2, -0.15) is 5.21 Å². The number of aromatic amines is 1. The molecule has 1 aliphatic rings. The summed E-state index contributed by atoms with van der Waals surface area (Å²) >= 11 is 4.94. The zero-order valence-corrected chi connectivity index (χ0v) is 8.09. The van der Waals surface area contributed by atoms with E-state index in [1.807, 2.05) is 0 Å². The summed E-state index contributed by atoms with van der Waals surface area (Å²) in [7, 11) is 0. The van der Waals surface area contributed by atoms with Crippen LogP contribution in [0, 0.1) is 4.77 Å². The van der Waals surface area contributed by atoms with E-state index in [-0.39, 0.29) is 0 Å². The van der Waals surface area contributed by atoms with Gasteiger partial charge in [0.15, 0.2) is 0 Å². The molecule has 2 heterocycles. The number of nitrogens with one attached hydrogen (secondary N) is 1. The maximum atomic E-state index is 5.49. The molecule has 72 valence electrons. The Bertz CT molecular complexity index is 314. The van der Waals surface area contributed by atoms with Crippen molar-refractivity contribution in [3.05, 3.63) is 4.77 Å². The average molecular weight is 200 g/mol. The SMILES string of the molecule is S=c1nn[nH]n1CCC1CCCO1. The van der Waals surface area contributed by atoms with Crippen LogP contribution < -0.4 is 0 Å². The van der Waals surface area contributed by atoms with Crippen LogP contribution in [0.15, 0.2) is 0 Å². The summed E-state index contributed by atoms with van der Waals surface area (Å²) in [5.41, 5.74) is 0. The van der Waals surface area contributed by atoms with Gasteiger partial charge in [-0.15, -0.1) is 0 Å². The van der Waals surface area contributed by atoms with Gasteiger partial charge >= 0.3 is 0 Å². The topological polar surface area (TPSA) is 55.7 Å². The van der Waals surface area contributed by atoms with Crippen LogP contribution in [0.2, 0.25) is 0 Å². The van der Waals surface area contributed by atoms with Crippen molar-refractivity contribution < 1.29 is 4.74 Å². The molecular weight excluding hydrogens is 188 g/mol. The number of aryl methyl sites for hydroxylation is 1. The lowest BCUT2D eigenvalue weighted by Gasteiger charge is -2.07. The van der Waals surface area contributed by atoms with Crippen LogP contribution in [0.25, 0.3) is 0 Å². The lowest BCUT2D eigenvalue weighted by atomic mass is 10.2. The lowest BCUT2D eigenvalue weighted by Crippen LogP contribution is -2.11. The van der Waals surface area contributed by atoms with Crippen molar-refractivity contribution in [1.82, 2.24) is 20.2 Å². The molecule has 1 fully saturated rings. The molecule has 1 aromatic heterocycles. The van der Waals surface area contributed by atoms with Crippen molar-refractivity contribution in [3.63, 3.8) is 0 Å². The molecule has 2 rings (SSSR count). The van der Waals surface area contributed by atoms with E-state index >= 15 is 0 Å². The summed E-state index contributed by atoms with van der Waals surface area (Å²) < 4.78 is 7.76. The van der Waals surface area contributed by atoms with Gasteiger partial charge in [-0.1, -0.05) is 10.3 Å². The van der Waals surface area contributed by atoms with Crippen LogP contribution in [0.3, 0.4) is 0 Å². The molecule has 13 heavy (non-hydrogen) atoms. The van der Waals surface area contributed by atoms with Crippen LogP contribution in [0.1, 0.15) is 19.3 Å². The maximum Gasteiger partial charge on any atom is 0.238 e. The zero-order valence-electron chi connectivity index (χ0n) is 7.27. The Balaban J connectivity index is 1.85. The summed E-state index contributed by atoms with van der Waals surface area (Å²) in [5.74, 6) is 0. The summed E-state index contributed by atoms with van der Waals surface area (Å²) in [6.45, 7) is 1.72. The first-order valence-corrected chi connectivity index (χ1v) is 4.86. The number of ether oxygens (including phenoxy) is 1. The molecule has 1 saturated heterocycles. The van der Waals surface area contributed by atoms with Gasteiger partial charge < -0.3 is 4.74 Å². The van der Waals surface area contributed by atoms with Gasteiger partial charge in [0.25, 0.3) is 0 Å². The number of hydrogen-bond acceptors (Lipinski definition) is 4. The van der Waals surface area contributed by atoms with Crippen molar-refractivity contribution >= 4 is 12.2 Å². The average Bonchev–Trinajstić information content (AvgIpc) is 2.72. The second-order valence-electron chi connectivity index (χ2n) is 3.16. The number of hydrogen-bond donors (Lipinski definition) is 1. The van der Waals surface area contributed by atoms with E-state index in [0.717, 1.165) is 26.0 Å². The summed E-state index contributed by atoms with van der Waals surface area (Å²) in [6, 6.07) is 0. The minimum Gasteiger partial charge on any atom is -0.378 e. The summed E-state index contributed by atoms with van der Waals surface area (Å²) in [6.07, 6.45) is 3.72. The van der Waals surface area contributed by atoms with Crippen molar-refractivity contribution in [3.8, 4) is 0 Å². The molecule has 5 nitrogen and oxygen atoms in total. The van der Waals surface area contributed by atoms with Crippen LogP contribution in [0.5, 0.6) is 0 Å². The molecule has 0 bridgehead atoms. The molecule has 0 radical (unpaired) electrons. The van der Waals surface area contributed by atoms with Crippen LogP contribution in [0.4, 0.5) is 0 Å². The molecule has 6 heteroatoms. The van der Waals surface area contributed by atoms with Gasteiger partial charge in [-0.05, 0) is 31.5 Å². The van der Waals surface area contributed by atoms with E-state index in [9.17, 15) is 0 Å². The first-order valence-electron chi connectivity index (χ1n) is 4.46. The number of nitrogens with zero attached hydrogens (tertiary/aromatic N) is 3. The van der Waals surface area contributed by atoms with E-state index in [4.69, 9.17) is 17.0 Å². The van der Waals surface area contributed by atoms with Gasteiger partial charge in [-0.25, -0.2) is 4.68 Å². The molecule has 1 N–H and O–H groups in total. The molecule has 0 spiro atoms. The molecular formula is C7H12N4OS. The van der Waals surface area contributed by atoms with E-state index in [1.165, 1.54) is 6.42 Å². The Hall–Kier alpha value is -0.750. The number of tetrazole rings is 1. The van der Waals surface area contributed by atoms with Gasteiger partial charge in [-0.3, -0.25) is 0 Å². The Morgan fingerprint density at radius 1 is 1.69 bits per heavy atom. The molecule has 0 aromatic carbocycles. The molecule has 1 aromatic rings. The van der Waals surface area contributed by atoms with Crippen LogP contribution >= 0.6 is 12.2 Å². The molecule has 1 atom stereocenters. The highest BCUT2D eigenvalue weighted by molar-refractivity contribution is 7.71. The Morgan fingerprint density at radius 3 is 3.23 bits per heavy atom. The van der Waals surface area contributed by atoms with Crippen LogP contribution in [-0.2, 0) is 11.3 Å².